The van der Waals surface area contributed by atoms with Crippen LogP contribution >= 0.6 is 11.6 Å². The lowest BCUT2D eigenvalue weighted by atomic mass is 9.98. The van der Waals surface area contributed by atoms with Crippen molar-refractivity contribution >= 4 is 46.5 Å². The number of carbonyl (C=O) groups excluding carboxylic acids is 3. The molecule has 0 radical (unpaired) electrons. The molecule has 0 N–H and O–H groups in total. The van der Waals surface area contributed by atoms with E-state index in [1.807, 2.05) is 0 Å². The molecule has 0 bridgehead atoms. The standard InChI is InChI=1S/C20H16ClN3O4/c1-2-28-20(27)16-15-17(24(22-16)14-10-6-7-12(21)11-14)19(26)23(18(15)25)13-8-4-3-5-9-13/h3-11,15,17H,2H2,1H3/t15-,17-/m0/s1. The van der Waals surface area contributed by atoms with Crippen LogP contribution in [-0.2, 0) is 19.1 Å². The van der Waals surface area contributed by atoms with Crippen LogP contribution in [0.3, 0.4) is 0 Å². The number of hydrogen-bond donors (Lipinski definition) is 0. The number of amides is 2. The maximum Gasteiger partial charge on any atom is 0.355 e. The fourth-order valence-corrected chi connectivity index (χ4v) is 3.64. The Hall–Kier alpha value is -3.19. The predicted molar refractivity (Wildman–Crippen MR) is 104 cm³/mol. The summed E-state index contributed by atoms with van der Waals surface area (Å²) in [6.07, 6.45) is 0. The molecule has 2 aliphatic rings. The van der Waals surface area contributed by atoms with E-state index in [0.717, 1.165) is 4.90 Å². The van der Waals surface area contributed by atoms with Gasteiger partial charge < -0.3 is 4.74 Å². The third-order valence-electron chi connectivity index (χ3n) is 4.62. The molecule has 0 unspecified atom stereocenters. The molecule has 1 saturated heterocycles. The van der Waals surface area contributed by atoms with Gasteiger partial charge in [-0.25, -0.2) is 9.69 Å². The Kier molecular flexibility index (Phi) is 4.60. The van der Waals surface area contributed by atoms with Crippen LogP contribution in [0, 0.1) is 5.92 Å². The van der Waals surface area contributed by atoms with Gasteiger partial charge >= 0.3 is 5.97 Å². The van der Waals surface area contributed by atoms with E-state index in [0.29, 0.717) is 16.4 Å². The van der Waals surface area contributed by atoms with Crippen LogP contribution in [0.2, 0.25) is 5.02 Å². The molecular weight excluding hydrogens is 382 g/mol. The number of imide groups is 1. The van der Waals surface area contributed by atoms with E-state index in [9.17, 15) is 14.4 Å². The maximum atomic E-state index is 13.2. The van der Waals surface area contributed by atoms with Crippen molar-refractivity contribution in [2.75, 3.05) is 16.5 Å². The highest BCUT2D eigenvalue weighted by Gasteiger charge is 2.59. The number of halogens is 1. The second-order valence-corrected chi connectivity index (χ2v) is 6.74. The average molecular weight is 398 g/mol. The van der Waals surface area contributed by atoms with Crippen molar-refractivity contribution in [2.24, 2.45) is 11.0 Å². The number of hydrazone groups is 1. The molecule has 2 amide bonds. The Bertz CT molecular complexity index is 992. The first-order valence-corrected chi connectivity index (χ1v) is 9.14. The predicted octanol–water partition coefficient (Wildman–Crippen LogP) is 2.64. The highest BCUT2D eigenvalue weighted by Crippen LogP contribution is 2.38. The molecule has 0 aliphatic carbocycles. The molecule has 2 aromatic carbocycles. The van der Waals surface area contributed by atoms with Gasteiger partial charge in [0, 0.05) is 5.02 Å². The third-order valence-corrected chi connectivity index (χ3v) is 4.86. The van der Waals surface area contributed by atoms with Crippen molar-refractivity contribution in [1.82, 2.24) is 0 Å². The summed E-state index contributed by atoms with van der Waals surface area (Å²) in [5.74, 6) is -2.70. The number of carbonyl (C=O) groups is 3. The normalized spacial score (nSPS) is 21.0. The topological polar surface area (TPSA) is 79.3 Å². The van der Waals surface area contributed by atoms with E-state index >= 15 is 0 Å². The van der Waals surface area contributed by atoms with Crippen LogP contribution in [0.1, 0.15) is 6.92 Å². The molecule has 28 heavy (non-hydrogen) atoms. The molecule has 1 fully saturated rings. The zero-order valence-corrected chi connectivity index (χ0v) is 15.7. The van der Waals surface area contributed by atoms with Crippen LogP contribution in [0.4, 0.5) is 11.4 Å². The molecular formula is C20H16ClN3O4. The van der Waals surface area contributed by atoms with Gasteiger partial charge in [0.15, 0.2) is 5.71 Å². The van der Waals surface area contributed by atoms with E-state index in [1.165, 1.54) is 5.01 Å². The second kappa shape index (κ2) is 7.09. The Labute approximate surface area is 166 Å². The first kappa shape index (κ1) is 18.2. The molecule has 4 rings (SSSR count). The van der Waals surface area contributed by atoms with E-state index in [1.54, 1.807) is 61.5 Å². The summed E-state index contributed by atoms with van der Waals surface area (Å²) in [6, 6.07) is 14.4. The van der Waals surface area contributed by atoms with E-state index in [2.05, 4.69) is 5.10 Å². The molecule has 0 spiro atoms. The molecule has 2 aliphatic heterocycles. The maximum absolute atomic E-state index is 13.2. The largest absolute Gasteiger partial charge is 0.461 e. The van der Waals surface area contributed by atoms with Crippen molar-refractivity contribution in [3.05, 3.63) is 59.6 Å². The number of rotatable bonds is 4. The van der Waals surface area contributed by atoms with Crippen LogP contribution in [0.15, 0.2) is 59.7 Å². The number of fused-ring (bicyclic) bond motifs is 1. The van der Waals surface area contributed by atoms with Crippen molar-refractivity contribution in [1.29, 1.82) is 0 Å². The Morgan fingerprint density at radius 1 is 1.07 bits per heavy atom. The van der Waals surface area contributed by atoms with Crippen molar-refractivity contribution in [2.45, 2.75) is 13.0 Å². The summed E-state index contributed by atoms with van der Waals surface area (Å²) in [4.78, 5) is 39.9. The van der Waals surface area contributed by atoms with E-state index < -0.39 is 29.7 Å². The Balaban J connectivity index is 1.80. The number of esters is 1. The lowest BCUT2D eigenvalue weighted by molar-refractivity contribution is -0.136. The Morgan fingerprint density at radius 2 is 1.79 bits per heavy atom. The van der Waals surface area contributed by atoms with Gasteiger partial charge in [-0.05, 0) is 37.3 Å². The summed E-state index contributed by atoms with van der Waals surface area (Å²) >= 11 is 6.08. The highest BCUT2D eigenvalue weighted by atomic mass is 35.5. The molecule has 2 atom stereocenters. The Morgan fingerprint density at radius 3 is 2.46 bits per heavy atom. The fraction of sp³-hybridized carbons (Fsp3) is 0.200. The summed E-state index contributed by atoms with van der Waals surface area (Å²) in [5, 5.41) is 6.11. The van der Waals surface area contributed by atoms with Crippen LogP contribution < -0.4 is 9.91 Å². The van der Waals surface area contributed by atoms with Crippen LogP contribution in [-0.4, -0.2) is 36.1 Å². The monoisotopic (exact) mass is 397 g/mol. The summed E-state index contributed by atoms with van der Waals surface area (Å²) in [6.45, 7) is 1.80. The molecule has 142 valence electrons. The van der Waals surface area contributed by atoms with Crippen molar-refractivity contribution < 1.29 is 19.1 Å². The van der Waals surface area contributed by atoms with Crippen molar-refractivity contribution in [3.8, 4) is 0 Å². The number of benzene rings is 2. The first-order chi connectivity index (χ1) is 13.5. The molecule has 7 nitrogen and oxygen atoms in total. The molecule has 0 saturated carbocycles. The minimum absolute atomic E-state index is 0.0800. The van der Waals surface area contributed by atoms with Gasteiger partial charge in [0.25, 0.3) is 5.91 Å². The molecule has 8 heteroatoms. The summed E-state index contributed by atoms with van der Waals surface area (Å²) in [5.41, 5.74) is 0.877. The molecule has 0 aromatic heterocycles. The van der Waals surface area contributed by atoms with Gasteiger partial charge in [0.05, 0.1) is 18.0 Å². The van der Waals surface area contributed by atoms with E-state index in [-0.39, 0.29) is 12.3 Å². The fourth-order valence-electron chi connectivity index (χ4n) is 3.45. The smallest absolute Gasteiger partial charge is 0.355 e. The minimum Gasteiger partial charge on any atom is -0.461 e. The second-order valence-electron chi connectivity index (χ2n) is 6.30. The van der Waals surface area contributed by atoms with Crippen molar-refractivity contribution in [3.63, 3.8) is 0 Å². The number of nitrogens with zero attached hydrogens (tertiary/aromatic N) is 3. The van der Waals surface area contributed by atoms with Gasteiger partial charge in [-0.1, -0.05) is 35.9 Å². The number of para-hydroxylation sites is 1. The van der Waals surface area contributed by atoms with Gasteiger partial charge in [-0.2, -0.15) is 5.10 Å². The van der Waals surface area contributed by atoms with Gasteiger partial charge in [-0.3, -0.25) is 14.6 Å². The lowest BCUT2D eigenvalue weighted by Crippen LogP contribution is -2.39. The van der Waals surface area contributed by atoms with Gasteiger partial charge in [0.1, 0.15) is 12.0 Å². The number of hydrogen-bond acceptors (Lipinski definition) is 6. The average Bonchev–Trinajstić information content (AvgIpc) is 3.20. The zero-order valence-electron chi connectivity index (χ0n) is 14.9. The van der Waals surface area contributed by atoms with Gasteiger partial charge in [-0.15, -0.1) is 0 Å². The zero-order chi connectivity index (χ0) is 19.8. The lowest BCUT2D eigenvalue weighted by Gasteiger charge is -2.22. The van der Waals surface area contributed by atoms with Gasteiger partial charge in [0.2, 0.25) is 5.91 Å². The number of anilines is 2. The third kappa shape index (κ3) is 2.84. The van der Waals surface area contributed by atoms with E-state index in [4.69, 9.17) is 16.3 Å². The summed E-state index contributed by atoms with van der Waals surface area (Å²) in [7, 11) is 0. The first-order valence-electron chi connectivity index (χ1n) is 8.76. The quantitative estimate of drug-likeness (QED) is 0.585. The minimum atomic E-state index is -1.04. The molecule has 2 aromatic rings. The summed E-state index contributed by atoms with van der Waals surface area (Å²) < 4.78 is 5.06. The number of ether oxygens (including phenoxy) is 1. The molecule has 2 heterocycles. The SMILES string of the molecule is CCOC(=O)C1=NN(c2cccc(Cl)c2)[C@@H]2C(=O)N(c3ccccc3)C(=O)[C@@H]12. The van der Waals surface area contributed by atoms with Crippen LogP contribution in [0.5, 0.6) is 0 Å². The highest BCUT2D eigenvalue weighted by molar-refractivity contribution is 6.47. The van der Waals surface area contributed by atoms with Crippen LogP contribution in [0.25, 0.3) is 0 Å².